The number of nitrogens with one attached hydrogen (secondary N) is 2. The molecule has 15 heavy (non-hydrogen) atoms. The molecule has 0 spiro atoms. The van der Waals surface area contributed by atoms with Crippen LogP contribution in [0, 0.1) is 0 Å². The molecule has 0 aromatic carbocycles. The van der Waals surface area contributed by atoms with Crippen molar-refractivity contribution in [3.63, 3.8) is 0 Å². The molecule has 0 saturated carbocycles. The number of rotatable bonds is 6. The molecule has 0 unspecified atom stereocenters. The molecular weight excluding hydrogens is 200 g/mol. The summed E-state index contributed by atoms with van der Waals surface area (Å²) in [6, 6.07) is 0. The normalized spacial score (nSPS) is 10.3. The van der Waals surface area contributed by atoms with Gasteiger partial charge in [0.25, 0.3) is 5.91 Å². The molecule has 0 bridgehead atoms. The summed E-state index contributed by atoms with van der Waals surface area (Å²) in [6.07, 6.45) is 3.04. The van der Waals surface area contributed by atoms with Crippen molar-refractivity contribution in [2.45, 2.75) is 6.54 Å². The third-order valence-electron chi connectivity index (χ3n) is 1.80. The second-order valence-electron chi connectivity index (χ2n) is 2.91. The lowest BCUT2D eigenvalue weighted by atomic mass is 10.4. The summed E-state index contributed by atoms with van der Waals surface area (Å²) in [5, 5.41) is 19.9. The Morgan fingerprint density at radius 2 is 2.33 bits per heavy atom. The van der Waals surface area contributed by atoms with Gasteiger partial charge < -0.3 is 15.0 Å². The lowest BCUT2D eigenvalue weighted by Gasteiger charge is -2.02. The van der Waals surface area contributed by atoms with Gasteiger partial charge in [-0.15, -0.1) is 0 Å². The highest BCUT2D eigenvalue weighted by Crippen LogP contribution is 1.95. The predicted octanol–water partition coefficient (Wildman–Crippen LogP) is -1.42. The summed E-state index contributed by atoms with van der Waals surface area (Å²) < 4.78 is 1.72. The maximum absolute atomic E-state index is 10.9. The molecule has 0 radical (unpaired) electrons. The SMILES string of the molecule is O=C(NO)c1cn(CCNCCO)cn1. The molecule has 7 nitrogen and oxygen atoms in total. The van der Waals surface area contributed by atoms with Crippen LogP contribution in [-0.2, 0) is 6.54 Å². The van der Waals surface area contributed by atoms with Gasteiger partial charge in [-0.2, -0.15) is 0 Å². The number of carbonyl (C=O) groups excluding carboxylic acids is 1. The van der Waals surface area contributed by atoms with Crippen LogP contribution in [0.25, 0.3) is 0 Å². The Labute approximate surface area is 86.7 Å². The van der Waals surface area contributed by atoms with Gasteiger partial charge in [-0.1, -0.05) is 0 Å². The third kappa shape index (κ3) is 3.66. The molecule has 84 valence electrons. The van der Waals surface area contributed by atoms with E-state index in [2.05, 4.69) is 10.3 Å². The van der Waals surface area contributed by atoms with Crippen molar-refractivity contribution in [1.82, 2.24) is 20.3 Å². The van der Waals surface area contributed by atoms with Gasteiger partial charge in [0.05, 0.1) is 12.9 Å². The fraction of sp³-hybridized carbons (Fsp3) is 0.500. The summed E-state index contributed by atoms with van der Waals surface area (Å²) in [6.45, 7) is 1.96. The zero-order valence-electron chi connectivity index (χ0n) is 8.18. The topological polar surface area (TPSA) is 99.4 Å². The van der Waals surface area contributed by atoms with Crippen LogP contribution in [0.2, 0.25) is 0 Å². The van der Waals surface area contributed by atoms with E-state index in [0.717, 1.165) is 0 Å². The predicted molar refractivity (Wildman–Crippen MR) is 51.4 cm³/mol. The number of hydrogen-bond donors (Lipinski definition) is 4. The lowest BCUT2D eigenvalue weighted by molar-refractivity contribution is 0.0701. The number of amides is 1. The molecule has 4 N–H and O–H groups in total. The lowest BCUT2D eigenvalue weighted by Crippen LogP contribution is -2.22. The second-order valence-corrected chi connectivity index (χ2v) is 2.91. The minimum atomic E-state index is -0.628. The standard InChI is InChI=1S/C8H14N4O3/c13-4-2-9-1-3-12-5-7(10-6-12)8(14)11-15/h5-6,9,13,15H,1-4H2,(H,11,14). The molecule has 1 rings (SSSR count). The van der Waals surface area contributed by atoms with Gasteiger partial charge in [0, 0.05) is 25.8 Å². The maximum atomic E-state index is 10.9. The first kappa shape index (κ1) is 11.6. The van der Waals surface area contributed by atoms with Crippen molar-refractivity contribution in [3.8, 4) is 0 Å². The zero-order valence-corrected chi connectivity index (χ0v) is 8.18. The van der Waals surface area contributed by atoms with Gasteiger partial charge in [0.1, 0.15) is 5.69 Å². The van der Waals surface area contributed by atoms with Crippen LogP contribution in [0.5, 0.6) is 0 Å². The minimum absolute atomic E-state index is 0.0993. The zero-order chi connectivity index (χ0) is 11.1. The number of aromatic nitrogens is 2. The van der Waals surface area contributed by atoms with Crippen molar-refractivity contribution in [2.75, 3.05) is 19.7 Å². The number of imidazole rings is 1. The Balaban J connectivity index is 2.36. The maximum Gasteiger partial charge on any atom is 0.294 e. The van der Waals surface area contributed by atoms with Gasteiger partial charge in [0.15, 0.2) is 0 Å². The monoisotopic (exact) mass is 214 g/mol. The van der Waals surface area contributed by atoms with Crippen LogP contribution in [0.15, 0.2) is 12.5 Å². The quantitative estimate of drug-likeness (QED) is 0.265. The van der Waals surface area contributed by atoms with Gasteiger partial charge in [0.2, 0.25) is 0 Å². The fourth-order valence-corrected chi connectivity index (χ4v) is 1.07. The summed E-state index contributed by atoms with van der Waals surface area (Å²) in [7, 11) is 0. The van der Waals surface area contributed by atoms with Crippen LogP contribution < -0.4 is 10.8 Å². The van der Waals surface area contributed by atoms with Gasteiger partial charge in [-0.25, -0.2) is 10.5 Å². The van der Waals surface area contributed by atoms with Crippen molar-refractivity contribution >= 4 is 5.91 Å². The molecule has 1 amide bonds. The Morgan fingerprint density at radius 3 is 3.00 bits per heavy atom. The fourth-order valence-electron chi connectivity index (χ4n) is 1.07. The Bertz CT molecular complexity index is 313. The van der Waals surface area contributed by atoms with Crippen molar-refractivity contribution < 1.29 is 15.1 Å². The van der Waals surface area contributed by atoms with Gasteiger partial charge >= 0.3 is 0 Å². The van der Waals surface area contributed by atoms with E-state index in [1.54, 1.807) is 4.57 Å². The smallest absolute Gasteiger partial charge is 0.294 e. The van der Waals surface area contributed by atoms with E-state index >= 15 is 0 Å². The van der Waals surface area contributed by atoms with Gasteiger partial charge in [-0.3, -0.25) is 10.0 Å². The first-order chi connectivity index (χ1) is 7.27. The Morgan fingerprint density at radius 1 is 1.53 bits per heavy atom. The first-order valence-electron chi connectivity index (χ1n) is 4.55. The van der Waals surface area contributed by atoms with E-state index in [1.807, 2.05) is 0 Å². The highest BCUT2D eigenvalue weighted by molar-refractivity contribution is 5.91. The van der Waals surface area contributed by atoms with Crippen LogP contribution in [0.1, 0.15) is 10.5 Å². The van der Waals surface area contributed by atoms with Gasteiger partial charge in [-0.05, 0) is 0 Å². The number of carbonyl (C=O) groups is 1. The van der Waals surface area contributed by atoms with Crippen molar-refractivity contribution in [1.29, 1.82) is 0 Å². The molecule has 0 fully saturated rings. The van der Waals surface area contributed by atoms with E-state index in [4.69, 9.17) is 10.3 Å². The Hall–Kier alpha value is -1.44. The van der Waals surface area contributed by atoms with E-state index in [-0.39, 0.29) is 12.3 Å². The first-order valence-corrected chi connectivity index (χ1v) is 4.55. The molecule has 0 aliphatic rings. The number of hydroxylamine groups is 1. The molecule has 1 aromatic heterocycles. The summed E-state index contributed by atoms with van der Waals surface area (Å²) >= 11 is 0. The Kier molecular flexibility index (Phi) is 4.75. The average molecular weight is 214 g/mol. The highest BCUT2D eigenvalue weighted by Gasteiger charge is 2.06. The van der Waals surface area contributed by atoms with E-state index in [9.17, 15) is 4.79 Å². The molecule has 0 atom stereocenters. The van der Waals surface area contributed by atoms with Crippen molar-refractivity contribution in [2.24, 2.45) is 0 Å². The van der Waals surface area contributed by atoms with Crippen LogP contribution in [0.4, 0.5) is 0 Å². The highest BCUT2D eigenvalue weighted by atomic mass is 16.5. The number of hydrogen-bond acceptors (Lipinski definition) is 5. The van der Waals surface area contributed by atoms with E-state index in [0.29, 0.717) is 19.6 Å². The third-order valence-corrected chi connectivity index (χ3v) is 1.80. The summed E-state index contributed by atoms with van der Waals surface area (Å²) in [4.78, 5) is 14.7. The van der Waals surface area contributed by atoms with E-state index < -0.39 is 5.91 Å². The van der Waals surface area contributed by atoms with Crippen LogP contribution in [0.3, 0.4) is 0 Å². The number of aliphatic hydroxyl groups excluding tert-OH is 1. The molecule has 7 heteroatoms. The second kappa shape index (κ2) is 6.12. The molecular formula is C8H14N4O3. The molecule has 0 aliphatic heterocycles. The van der Waals surface area contributed by atoms with E-state index in [1.165, 1.54) is 18.0 Å². The van der Waals surface area contributed by atoms with Crippen LogP contribution >= 0.6 is 0 Å². The minimum Gasteiger partial charge on any atom is -0.395 e. The summed E-state index contributed by atoms with van der Waals surface area (Å²) in [5.74, 6) is -0.628. The largest absolute Gasteiger partial charge is 0.395 e. The average Bonchev–Trinajstić information content (AvgIpc) is 2.72. The number of aliphatic hydroxyl groups is 1. The van der Waals surface area contributed by atoms with Crippen molar-refractivity contribution in [3.05, 3.63) is 18.2 Å². The molecule has 0 saturated heterocycles. The summed E-state index contributed by atoms with van der Waals surface area (Å²) in [5.41, 5.74) is 1.67. The van der Waals surface area contributed by atoms with Crippen LogP contribution in [-0.4, -0.2) is 45.5 Å². The molecule has 1 heterocycles. The molecule has 1 aromatic rings. The number of nitrogens with zero attached hydrogens (tertiary/aromatic N) is 2. The molecule has 0 aliphatic carbocycles.